The van der Waals surface area contributed by atoms with Crippen molar-refractivity contribution in [1.82, 2.24) is 14.1 Å². The van der Waals surface area contributed by atoms with Crippen molar-refractivity contribution in [2.75, 3.05) is 26.8 Å². The lowest BCUT2D eigenvalue weighted by Gasteiger charge is -2.21. The average Bonchev–Trinajstić information content (AvgIpc) is 2.63. The molecule has 0 aliphatic heterocycles. The minimum Gasteiger partial charge on any atom is -0.383 e. The molecule has 20 heavy (non-hydrogen) atoms. The molecule has 112 valence electrons. The molecule has 0 aromatic carbocycles. The number of nitriles is 1. The van der Waals surface area contributed by atoms with Crippen LogP contribution in [0.1, 0.15) is 17.8 Å². The van der Waals surface area contributed by atoms with Crippen LogP contribution in [0.15, 0.2) is 4.90 Å². The number of ether oxygens (including phenoxy) is 1. The van der Waals surface area contributed by atoms with Gasteiger partial charge in [-0.25, -0.2) is 8.42 Å². The van der Waals surface area contributed by atoms with E-state index >= 15 is 0 Å². The fraction of sp³-hybridized carbons (Fsp3) is 0.667. The van der Waals surface area contributed by atoms with Crippen LogP contribution in [0.4, 0.5) is 0 Å². The number of hydrogen-bond donors (Lipinski definition) is 0. The number of aromatic nitrogens is 2. The highest BCUT2D eigenvalue weighted by Gasteiger charge is 2.30. The molecule has 0 saturated heterocycles. The zero-order valence-corrected chi connectivity index (χ0v) is 13.1. The molecule has 0 aliphatic rings. The molecule has 0 N–H and O–H groups in total. The van der Waals surface area contributed by atoms with Gasteiger partial charge in [0.15, 0.2) is 0 Å². The van der Waals surface area contributed by atoms with Crippen molar-refractivity contribution in [2.45, 2.75) is 25.2 Å². The van der Waals surface area contributed by atoms with Gasteiger partial charge < -0.3 is 4.74 Å². The minimum atomic E-state index is -3.67. The molecule has 0 fully saturated rings. The van der Waals surface area contributed by atoms with E-state index in [4.69, 9.17) is 10.00 Å². The van der Waals surface area contributed by atoms with Crippen LogP contribution < -0.4 is 0 Å². The van der Waals surface area contributed by atoms with E-state index in [0.29, 0.717) is 11.4 Å². The zero-order valence-electron chi connectivity index (χ0n) is 12.3. The molecule has 0 aliphatic carbocycles. The molecular weight excluding hydrogens is 280 g/mol. The van der Waals surface area contributed by atoms with Gasteiger partial charge >= 0.3 is 0 Å². The second-order valence-corrected chi connectivity index (χ2v) is 6.30. The van der Waals surface area contributed by atoms with Gasteiger partial charge in [-0.2, -0.15) is 14.7 Å². The van der Waals surface area contributed by atoms with Gasteiger partial charge in [-0.1, -0.05) is 0 Å². The third-order valence-corrected chi connectivity index (χ3v) is 5.21. The molecule has 7 nitrogen and oxygen atoms in total. The molecule has 0 unspecified atom stereocenters. The summed E-state index contributed by atoms with van der Waals surface area (Å²) in [5.41, 5.74) is 1.05. The van der Waals surface area contributed by atoms with Crippen molar-refractivity contribution in [3.8, 4) is 6.07 Å². The Morgan fingerprint density at radius 2 is 2.05 bits per heavy atom. The molecule has 0 spiro atoms. The highest BCUT2D eigenvalue weighted by molar-refractivity contribution is 7.89. The van der Waals surface area contributed by atoms with Crippen molar-refractivity contribution in [1.29, 1.82) is 5.26 Å². The highest BCUT2D eigenvalue weighted by atomic mass is 32.2. The smallest absolute Gasteiger partial charge is 0.246 e. The van der Waals surface area contributed by atoms with Crippen LogP contribution in [-0.2, 0) is 21.8 Å². The van der Waals surface area contributed by atoms with Gasteiger partial charge in [0.05, 0.1) is 24.1 Å². The Kier molecular flexibility index (Phi) is 5.68. The molecule has 0 atom stereocenters. The van der Waals surface area contributed by atoms with E-state index in [-0.39, 0.29) is 31.0 Å². The summed E-state index contributed by atoms with van der Waals surface area (Å²) >= 11 is 0. The van der Waals surface area contributed by atoms with E-state index in [2.05, 4.69) is 5.10 Å². The Morgan fingerprint density at radius 1 is 1.40 bits per heavy atom. The molecule has 1 rings (SSSR count). The minimum absolute atomic E-state index is 0.140. The summed E-state index contributed by atoms with van der Waals surface area (Å²) in [6.45, 7) is 4.03. The molecule has 1 heterocycles. The van der Waals surface area contributed by atoms with Crippen LogP contribution in [0.2, 0.25) is 0 Å². The van der Waals surface area contributed by atoms with Crippen LogP contribution in [0, 0.1) is 25.2 Å². The van der Waals surface area contributed by atoms with Crippen LogP contribution in [0.5, 0.6) is 0 Å². The maximum atomic E-state index is 12.7. The lowest BCUT2D eigenvalue weighted by atomic mass is 10.4. The Morgan fingerprint density at radius 3 is 2.50 bits per heavy atom. The van der Waals surface area contributed by atoms with Gasteiger partial charge in [0.2, 0.25) is 10.0 Å². The standard InChI is InChI=1S/C12H20N4O3S/c1-10-12(11(2)15(3)14-10)20(17,18)16(7-5-6-13)8-9-19-4/h5,7-9H2,1-4H3. The molecule has 8 heteroatoms. The number of aryl methyl sites for hydroxylation is 2. The van der Waals surface area contributed by atoms with Gasteiger partial charge in [0.1, 0.15) is 4.90 Å². The van der Waals surface area contributed by atoms with Crippen LogP contribution in [-0.4, -0.2) is 49.3 Å². The molecule has 0 radical (unpaired) electrons. The molecular formula is C12H20N4O3S. The topological polar surface area (TPSA) is 88.2 Å². The quantitative estimate of drug-likeness (QED) is 0.735. The summed E-state index contributed by atoms with van der Waals surface area (Å²) in [7, 11) is -0.453. The van der Waals surface area contributed by atoms with Crippen molar-refractivity contribution in [3.63, 3.8) is 0 Å². The first kappa shape index (κ1) is 16.6. The first-order valence-corrected chi connectivity index (χ1v) is 7.66. The predicted molar refractivity (Wildman–Crippen MR) is 73.5 cm³/mol. The van der Waals surface area contributed by atoms with Gasteiger partial charge in [0, 0.05) is 33.7 Å². The fourth-order valence-electron chi connectivity index (χ4n) is 1.98. The number of hydrogen-bond acceptors (Lipinski definition) is 5. The SMILES string of the molecule is COCCN(CCC#N)S(=O)(=O)c1c(C)nn(C)c1C. The zero-order chi connectivity index (χ0) is 15.3. The summed E-state index contributed by atoms with van der Waals surface area (Å²) in [5, 5.41) is 12.8. The monoisotopic (exact) mass is 300 g/mol. The van der Waals surface area contributed by atoms with Gasteiger partial charge in [-0.3, -0.25) is 4.68 Å². The summed E-state index contributed by atoms with van der Waals surface area (Å²) in [6.07, 6.45) is 0.140. The second kappa shape index (κ2) is 6.83. The first-order chi connectivity index (χ1) is 9.36. The van der Waals surface area contributed by atoms with Crippen molar-refractivity contribution >= 4 is 10.0 Å². The number of nitrogens with zero attached hydrogens (tertiary/aromatic N) is 4. The van der Waals surface area contributed by atoms with E-state index in [1.165, 1.54) is 11.4 Å². The van der Waals surface area contributed by atoms with Gasteiger partial charge in [-0.15, -0.1) is 0 Å². The maximum absolute atomic E-state index is 12.7. The summed E-state index contributed by atoms with van der Waals surface area (Å²) in [6, 6.07) is 1.96. The van der Waals surface area contributed by atoms with Crippen LogP contribution in [0.3, 0.4) is 0 Å². The Labute approximate surface area is 119 Å². The van der Waals surface area contributed by atoms with Gasteiger partial charge in [0.25, 0.3) is 0 Å². The summed E-state index contributed by atoms with van der Waals surface area (Å²) in [4.78, 5) is 0.217. The van der Waals surface area contributed by atoms with E-state index in [0.717, 1.165) is 0 Å². The van der Waals surface area contributed by atoms with Gasteiger partial charge in [-0.05, 0) is 13.8 Å². The number of methoxy groups -OCH3 is 1. The molecule has 1 aromatic heterocycles. The average molecular weight is 300 g/mol. The van der Waals surface area contributed by atoms with Crippen molar-refractivity contribution in [2.24, 2.45) is 7.05 Å². The second-order valence-electron chi connectivity index (χ2n) is 4.43. The van der Waals surface area contributed by atoms with Crippen LogP contribution >= 0.6 is 0 Å². The van der Waals surface area contributed by atoms with Crippen LogP contribution in [0.25, 0.3) is 0 Å². The number of rotatable bonds is 7. The third-order valence-electron chi connectivity index (χ3n) is 3.06. The van der Waals surface area contributed by atoms with Crippen molar-refractivity contribution in [3.05, 3.63) is 11.4 Å². The third kappa shape index (κ3) is 3.36. The Bertz CT molecular complexity index is 601. The van der Waals surface area contributed by atoms with E-state index < -0.39 is 10.0 Å². The first-order valence-electron chi connectivity index (χ1n) is 6.22. The molecule has 0 amide bonds. The fourth-order valence-corrected chi connectivity index (χ4v) is 3.80. The lowest BCUT2D eigenvalue weighted by molar-refractivity contribution is 0.179. The Balaban J connectivity index is 3.18. The summed E-state index contributed by atoms with van der Waals surface area (Å²) in [5.74, 6) is 0. The van der Waals surface area contributed by atoms with E-state index in [1.807, 2.05) is 6.07 Å². The molecule has 0 bridgehead atoms. The predicted octanol–water partition coefficient (Wildman–Crippen LogP) is 0.588. The number of sulfonamides is 1. The largest absolute Gasteiger partial charge is 0.383 e. The normalized spacial score (nSPS) is 11.8. The van der Waals surface area contributed by atoms with E-state index in [9.17, 15) is 8.42 Å². The van der Waals surface area contributed by atoms with Crippen molar-refractivity contribution < 1.29 is 13.2 Å². The summed E-state index contributed by atoms with van der Waals surface area (Å²) < 4.78 is 33.2. The molecule has 1 aromatic rings. The maximum Gasteiger partial charge on any atom is 0.246 e. The highest BCUT2D eigenvalue weighted by Crippen LogP contribution is 2.23. The van der Waals surface area contributed by atoms with E-state index in [1.54, 1.807) is 25.6 Å². The Hall–Kier alpha value is -1.43. The molecule has 0 saturated carbocycles. The lowest BCUT2D eigenvalue weighted by Crippen LogP contribution is -2.35.